The lowest BCUT2D eigenvalue weighted by Gasteiger charge is -2.35. The average molecular weight is 459 g/mol. The van der Waals surface area contributed by atoms with Crippen LogP contribution in [0.2, 0.25) is 0 Å². The summed E-state index contributed by atoms with van der Waals surface area (Å²) in [5.74, 6) is -1.40. The summed E-state index contributed by atoms with van der Waals surface area (Å²) in [6.45, 7) is 1.85. The Kier molecular flexibility index (Phi) is 6.13. The van der Waals surface area contributed by atoms with Gasteiger partial charge in [0.2, 0.25) is 11.8 Å². The number of carbonyl (C=O) groups is 3. The third-order valence-electron chi connectivity index (χ3n) is 5.56. The molecule has 32 heavy (non-hydrogen) atoms. The fourth-order valence-corrected chi connectivity index (χ4v) is 4.35. The molecular weight excluding hydrogens is 438 g/mol. The van der Waals surface area contributed by atoms with E-state index in [1.165, 1.54) is 0 Å². The monoisotopic (exact) mass is 459 g/mol. The number of rotatable bonds is 6. The number of anilines is 1. The Labute approximate surface area is 184 Å². The normalized spacial score (nSPS) is 18.7. The molecular formula is C21H21N3O7S. The largest absolute Gasteiger partial charge is 0.322 e. The Hall–Kier alpha value is -3.60. The predicted molar refractivity (Wildman–Crippen MR) is 115 cm³/mol. The zero-order valence-electron chi connectivity index (χ0n) is 17.4. The Bertz CT molecular complexity index is 1220. The molecule has 2 N–H and O–H groups in total. The highest BCUT2D eigenvalue weighted by Crippen LogP contribution is 2.36. The first-order valence-electron chi connectivity index (χ1n) is 9.72. The zero-order chi connectivity index (χ0) is 23.7. The zero-order valence-corrected chi connectivity index (χ0v) is 18.2. The lowest BCUT2D eigenvalue weighted by Crippen LogP contribution is -2.51. The first kappa shape index (κ1) is 23.1. The van der Waals surface area contributed by atoms with Gasteiger partial charge in [-0.25, -0.2) is 8.42 Å². The number of nitro groups is 1. The summed E-state index contributed by atoms with van der Waals surface area (Å²) >= 11 is 0. The summed E-state index contributed by atoms with van der Waals surface area (Å²) in [5, 5.41) is 16.1. The van der Waals surface area contributed by atoms with Crippen molar-refractivity contribution in [3.8, 4) is 0 Å². The smallest absolute Gasteiger partial charge is 0.271 e. The maximum absolute atomic E-state index is 12.6. The third kappa shape index (κ3) is 4.52. The minimum atomic E-state index is -3.77. The first-order chi connectivity index (χ1) is 15.0. The number of nitro benzene ring substituents is 1. The Morgan fingerprint density at radius 1 is 1.19 bits per heavy atom. The maximum atomic E-state index is 12.6. The minimum absolute atomic E-state index is 0.182. The highest BCUT2D eigenvalue weighted by atomic mass is 32.2. The molecule has 11 heteroatoms. The van der Waals surface area contributed by atoms with E-state index in [1.54, 1.807) is 24.3 Å². The molecule has 1 unspecified atom stereocenters. The van der Waals surface area contributed by atoms with Crippen molar-refractivity contribution in [2.45, 2.75) is 36.5 Å². The number of carbonyl (C=O) groups excluding carboxylic acids is 3. The van der Waals surface area contributed by atoms with Crippen molar-refractivity contribution in [1.29, 1.82) is 0 Å². The lowest BCUT2D eigenvalue weighted by molar-refractivity contribution is -0.385. The SMILES string of the molecule is CCC1(c2ccc(NC(=O)c3cc([N+](=O)[O-])cc(S(C)(=O)=O)c3)cc2)CCC(=O)NC1=O. The number of hydrogen-bond acceptors (Lipinski definition) is 7. The lowest BCUT2D eigenvalue weighted by atomic mass is 9.72. The van der Waals surface area contributed by atoms with Gasteiger partial charge in [-0.15, -0.1) is 0 Å². The average Bonchev–Trinajstić information content (AvgIpc) is 2.74. The molecule has 10 nitrogen and oxygen atoms in total. The van der Waals surface area contributed by atoms with Gasteiger partial charge in [0, 0.05) is 36.1 Å². The van der Waals surface area contributed by atoms with Crippen LogP contribution < -0.4 is 10.6 Å². The summed E-state index contributed by atoms with van der Waals surface area (Å²) < 4.78 is 23.7. The van der Waals surface area contributed by atoms with E-state index in [9.17, 15) is 32.9 Å². The molecule has 0 bridgehead atoms. The van der Waals surface area contributed by atoms with Crippen molar-refractivity contribution < 1.29 is 27.7 Å². The fourth-order valence-electron chi connectivity index (χ4n) is 3.68. The van der Waals surface area contributed by atoms with E-state index in [0.29, 0.717) is 24.1 Å². The Morgan fingerprint density at radius 3 is 2.38 bits per heavy atom. The van der Waals surface area contributed by atoms with Gasteiger partial charge in [-0.05, 0) is 36.6 Å². The molecule has 3 rings (SSSR count). The van der Waals surface area contributed by atoms with Gasteiger partial charge in [0.1, 0.15) is 0 Å². The number of piperidine rings is 1. The molecule has 2 aromatic rings. The maximum Gasteiger partial charge on any atom is 0.271 e. The van der Waals surface area contributed by atoms with Gasteiger partial charge in [-0.3, -0.25) is 29.8 Å². The Morgan fingerprint density at radius 2 is 1.84 bits per heavy atom. The second-order valence-corrected chi connectivity index (χ2v) is 9.61. The van der Waals surface area contributed by atoms with Crippen LogP contribution >= 0.6 is 0 Å². The molecule has 1 aliphatic heterocycles. The summed E-state index contributed by atoms with van der Waals surface area (Å²) in [7, 11) is -3.77. The van der Waals surface area contributed by atoms with Gasteiger partial charge >= 0.3 is 0 Å². The summed E-state index contributed by atoms with van der Waals surface area (Å²) in [4.78, 5) is 46.7. The second kappa shape index (κ2) is 8.50. The second-order valence-electron chi connectivity index (χ2n) is 7.59. The van der Waals surface area contributed by atoms with E-state index >= 15 is 0 Å². The fraction of sp³-hybridized carbons (Fsp3) is 0.286. The van der Waals surface area contributed by atoms with E-state index in [4.69, 9.17) is 0 Å². The van der Waals surface area contributed by atoms with Crippen LogP contribution in [0.3, 0.4) is 0 Å². The Balaban J connectivity index is 1.87. The standard InChI is InChI=1S/C21H21N3O7S/c1-3-21(9-8-18(25)23-20(21)27)14-4-6-15(7-5-14)22-19(26)13-10-16(24(28)29)12-17(11-13)32(2,30)31/h4-7,10-12H,3,8-9H2,1-2H3,(H,22,26)(H,23,25,27). The van der Waals surface area contributed by atoms with Crippen LogP contribution in [-0.2, 0) is 24.8 Å². The van der Waals surface area contributed by atoms with E-state index in [1.807, 2.05) is 6.92 Å². The third-order valence-corrected chi connectivity index (χ3v) is 6.65. The van der Waals surface area contributed by atoms with Gasteiger partial charge in [0.25, 0.3) is 11.6 Å². The number of hydrogen-bond donors (Lipinski definition) is 2. The quantitative estimate of drug-likeness (QED) is 0.382. The van der Waals surface area contributed by atoms with Crippen LogP contribution in [0.25, 0.3) is 0 Å². The summed E-state index contributed by atoms with van der Waals surface area (Å²) in [5.41, 5.74) is -0.501. The van der Waals surface area contributed by atoms with Gasteiger partial charge in [0.15, 0.2) is 9.84 Å². The van der Waals surface area contributed by atoms with Crippen LogP contribution in [0.5, 0.6) is 0 Å². The van der Waals surface area contributed by atoms with Crippen molar-refractivity contribution in [2.75, 3.05) is 11.6 Å². The van der Waals surface area contributed by atoms with E-state index in [-0.39, 0.29) is 28.7 Å². The van der Waals surface area contributed by atoms with Crippen molar-refractivity contribution >= 4 is 38.9 Å². The number of sulfone groups is 1. The number of benzene rings is 2. The number of nitrogens with one attached hydrogen (secondary N) is 2. The molecule has 0 spiro atoms. The highest BCUT2D eigenvalue weighted by Gasteiger charge is 2.42. The topological polar surface area (TPSA) is 153 Å². The van der Waals surface area contributed by atoms with E-state index in [0.717, 1.165) is 24.5 Å². The molecule has 1 aliphatic rings. The summed E-state index contributed by atoms with van der Waals surface area (Å²) in [6, 6.07) is 9.44. The molecule has 168 valence electrons. The molecule has 0 radical (unpaired) electrons. The number of amides is 3. The number of non-ortho nitro benzene ring substituents is 1. The number of nitrogens with zero attached hydrogens (tertiary/aromatic N) is 1. The molecule has 1 fully saturated rings. The van der Waals surface area contributed by atoms with Gasteiger partial charge < -0.3 is 5.32 Å². The van der Waals surface area contributed by atoms with Crippen molar-refractivity contribution in [3.63, 3.8) is 0 Å². The highest BCUT2D eigenvalue weighted by molar-refractivity contribution is 7.90. The van der Waals surface area contributed by atoms with E-state index in [2.05, 4.69) is 10.6 Å². The molecule has 0 aliphatic carbocycles. The van der Waals surface area contributed by atoms with Crippen molar-refractivity contribution in [1.82, 2.24) is 5.32 Å². The molecule has 1 heterocycles. The van der Waals surface area contributed by atoms with Gasteiger partial charge in [-0.2, -0.15) is 0 Å². The predicted octanol–water partition coefficient (Wildman–Crippen LogP) is 2.33. The van der Waals surface area contributed by atoms with Crippen LogP contribution in [0.4, 0.5) is 11.4 Å². The molecule has 1 saturated heterocycles. The molecule has 2 aromatic carbocycles. The van der Waals surface area contributed by atoms with Crippen LogP contribution in [0.1, 0.15) is 42.1 Å². The number of imide groups is 1. The molecule has 0 saturated carbocycles. The molecule has 0 aromatic heterocycles. The van der Waals surface area contributed by atoms with Crippen LogP contribution in [0, 0.1) is 10.1 Å². The van der Waals surface area contributed by atoms with Gasteiger partial charge in [0.05, 0.1) is 15.2 Å². The van der Waals surface area contributed by atoms with Crippen LogP contribution in [0.15, 0.2) is 47.4 Å². The van der Waals surface area contributed by atoms with Crippen LogP contribution in [-0.4, -0.2) is 37.3 Å². The minimum Gasteiger partial charge on any atom is -0.322 e. The van der Waals surface area contributed by atoms with Crippen molar-refractivity contribution in [2.24, 2.45) is 0 Å². The van der Waals surface area contributed by atoms with Crippen molar-refractivity contribution in [3.05, 3.63) is 63.7 Å². The van der Waals surface area contributed by atoms with Gasteiger partial charge in [-0.1, -0.05) is 19.1 Å². The summed E-state index contributed by atoms with van der Waals surface area (Å²) in [6.07, 6.45) is 1.99. The van der Waals surface area contributed by atoms with E-state index < -0.39 is 31.8 Å². The molecule has 1 atom stereocenters. The first-order valence-corrected chi connectivity index (χ1v) is 11.6. The molecule has 3 amide bonds.